The molecule has 2 unspecified atom stereocenters. The van der Waals surface area contributed by atoms with Crippen LogP contribution in [-0.4, -0.2) is 28.0 Å². The van der Waals surface area contributed by atoms with Crippen molar-refractivity contribution in [1.29, 1.82) is 0 Å². The van der Waals surface area contributed by atoms with Gasteiger partial charge in [-0.1, -0.05) is 12.8 Å². The van der Waals surface area contributed by atoms with Crippen molar-refractivity contribution in [1.82, 2.24) is 10.3 Å². The Bertz CT molecular complexity index is 677. The third kappa shape index (κ3) is 2.77. The highest BCUT2D eigenvalue weighted by molar-refractivity contribution is 5.98. The number of rotatable bonds is 3. The summed E-state index contributed by atoms with van der Waals surface area (Å²) in [6, 6.07) is 7.07. The van der Waals surface area contributed by atoms with Crippen LogP contribution in [0.15, 0.2) is 30.5 Å². The van der Waals surface area contributed by atoms with Gasteiger partial charge in [0.15, 0.2) is 0 Å². The van der Waals surface area contributed by atoms with Crippen LogP contribution in [0.4, 0.5) is 0 Å². The minimum absolute atomic E-state index is 0.198. The number of hydrogen-bond acceptors (Lipinski definition) is 2. The minimum Gasteiger partial charge on any atom is -0.481 e. The third-order valence-corrected chi connectivity index (χ3v) is 4.22. The average molecular weight is 286 g/mol. The molecule has 3 rings (SSSR count). The van der Waals surface area contributed by atoms with Crippen LogP contribution >= 0.6 is 0 Å². The van der Waals surface area contributed by atoms with Crippen molar-refractivity contribution in [3.05, 3.63) is 36.0 Å². The number of benzene rings is 1. The molecule has 110 valence electrons. The molecule has 1 saturated carbocycles. The minimum atomic E-state index is -0.818. The topological polar surface area (TPSA) is 82.2 Å². The molecule has 3 N–H and O–H groups in total. The van der Waals surface area contributed by atoms with E-state index in [0.717, 1.165) is 30.2 Å². The first-order chi connectivity index (χ1) is 10.1. The molecule has 0 aliphatic heterocycles. The quantitative estimate of drug-likeness (QED) is 0.811. The molecule has 1 aliphatic rings. The van der Waals surface area contributed by atoms with Gasteiger partial charge >= 0.3 is 5.97 Å². The highest BCUT2D eigenvalue weighted by Gasteiger charge is 2.31. The molecule has 1 fully saturated rings. The fourth-order valence-corrected chi connectivity index (χ4v) is 3.05. The number of aromatic amines is 1. The SMILES string of the molecule is O=C(NC1CCCCC1C(=O)O)c1ccc2[nH]ccc2c1. The largest absolute Gasteiger partial charge is 0.481 e. The van der Waals surface area contributed by atoms with E-state index in [9.17, 15) is 14.7 Å². The van der Waals surface area contributed by atoms with E-state index in [4.69, 9.17) is 0 Å². The van der Waals surface area contributed by atoms with Crippen LogP contribution in [0, 0.1) is 5.92 Å². The van der Waals surface area contributed by atoms with Gasteiger partial charge in [-0.05, 0) is 37.1 Å². The number of carbonyl (C=O) groups is 2. The van der Waals surface area contributed by atoms with E-state index in [1.165, 1.54) is 0 Å². The molecular weight excluding hydrogens is 268 g/mol. The number of carboxylic acids is 1. The summed E-state index contributed by atoms with van der Waals surface area (Å²) in [5.41, 5.74) is 1.55. The van der Waals surface area contributed by atoms with Crippen LogP contribution in [0.25, 0.3) is 10.9 Å². The molecule has 1 aromatic heterocycles. The summed E-state index contributed by atoms with van der Waals surface area (Å²) in [6.07, 6.45) is 5.07. The summed E-state index contributed by atoms with van der Waals surface area (Å²) in [5.74, 6) is -1.49. The number of aliphatic carboxylic acids is 1. The first-order valence-electron chi connectivity index (χ1n) is 7.26. The second kappa shape index (κ2) is 5.60. The second-order valence-corrected chi connectivity index (χ2v) is 5.59. The van der Waals surface area contributed by atoms with Crippen LogP contribution in [-0.2, 0) is 4.79 Å². The predicted octanol–water partition coefficient (Wildman–Crippen LogP) is 2.54. The van der Waals surface area contributed by atoms with Crippen LogP contribution < -0.4 is 5.32 Å². The number of H-pyrrole nitrogens is 1. The Morgan fingerprint density at radius 1 is 1.19 bits per heavy atom. The van der Waals surface area contributed by atoms with Gasteiger partial charge in [-0.2, -0.15) is 0 Å². The van der Waals surface area contributed by atoms with Crippen LogP contribution in [0.5, 0.6) is 0 Å². The standard InChI is InChI=1S/C16H18N2O3/c19-15(11-5-6-13-10(9-11)7-8-17-13)18-14-4-2-1-3-12(14)16(20)21/h5-9,12,14,17H,1-4H2,(H,18,19)(H,20,21). The van der Waals surface area contributed by atoms with Crippen molar-refractivity contribution in [3.63, 3.8) is 0 Å². The zero-order chi connectivity index (χ0) is 14.8. The Labute approximate surface area is 122 Å². The van der Waals surface area contributed by atoms with E-state index in [1.54, 1.807) is 6.07 Å². The Kier molecular flexibility index (Phi) is 3.64. The molecule has 1 aliphatic carbocycles. The zero-order valence-corrected chi connectivity index (χ0v) is 11.6. The molecule has 0 bridgehead atoms. The van der Waals surface area contributed by atoms with Crippen LogP contribution in [0.3, 0.4) is 0 Å². The molecular formula is C16H18N2O3. The van der Waals surface area contributed by atoms with E-state index in [2.05, 4.69) is 10.3 Å². The van der Waals surface area contributed by atoms with Crippen molar-refractivity contribution in [2.24, 2.45) is 5.92 Å². The summed E-state index contributed by atoms with van der Waals surface area (Å²) in [6.45, 7) is 0. The number of aromatic nitrogens is 1. The monoisotopic (exact) mass is 286 g/mol. The lowest BCUT2D eigenvalue weighted by Gasteiger charge is -2.29. The summed E-state index contributed by atoms with van der Waals surface area (Å²) in [7, 11) is 0. The molecule has 1 aromatic carbocycles. The number of carbonyl (C=O) groups excluding carboxylic acids is 1. The smallest absolute Gasteiger partial charge is 0.308 e. The number of nitrogens with one attached hydrogen (secondary N) is 2. The van der Waals surface area contributed by atoms with Crippen LogP contribution in [0.1, 0.15) is 36.0 Å². The lowest BCUT2D eigenvalue weighted by Crippen LogP contribution is -2.45. The maximum Gasteiger partial charge on any atom is 0.308 e. The van der Waals surface area contributed by atoms with Gasteiger partial charge < -0.3 is 15.4 Å². The molecule has 1 amide bonds. The molecule has 2 aromatic rings. The Balaban J connectivity index is 1.76. The first kappa shape index (κ1) is 13.7. The van der Waals surface area contributed by atoms with E-state index in [0.29, 0.717) is 12.0 Å². The van der Waals surface area contributed by atoms with E-state index >= 15 is 0 Å². The molecule has 0 spiro atoms. The molecule has 5 heteroatoms. The highest BCUT2D eigenvalue weighted by Crippen LogP contribution is 2.25. The number of hydrogen-bond donors (Lipinski definition) is 3. The Hall–Kier alpha value is -2.30. The number of amides is 1. The van der Waals surface area contributed by atoms with Gasteiger partial charge in [-0.15, -0.1) is 0 Å². The lowest BCUT2D eigenvalue weighted by molar-refractivity contribution is -0.143. The normalized spacial score (nSPS) is 22.1. The molecule has 21 heavy (non-hydrogen) atoms. The summed E-state index contributed by atoms with van der Waals surface area (Å²) < 4.78 is 0. The third-order valence-electron chi connectivity index (χ3n) is 4.22. The Morgan fingerprint density at radius 3 is 2.81 bits per heavy atom. The fraction of sp³-hybridized carbons (Fsp3) is 0.375. The van der Waals surface area contributed by atoms with Crippen molar-refractivity contribution >= 4 is 22.8 Å². The van der Waals surface area contributed by atoms with Crippen molar-refractivity contribution < 1.29 is 14.7 Å². The van der Waals surface area contributed by atoms with Crippen molar-refractivity contribution in [2.75, 3.05) is 0 Å². The summed E-state index contributed by atoms with van der Waals surface area (Å²) in [4.78, 5) is 26.7. The van der Waals surface area contributed by atoms with Gasteiger partial charge in [0, 0.05) is 28.7 Å². The highest BCUT2D eigenvalue weighted by atomic mass is 16.4. The first-order valence-corrected chi connectivity index (χ1v) is 7.26. The van der Waals surface area contributed by atoms with Gasteiger partial charge in [0.1, 0.15) is 0 Å². The predicted molar refractivity (Wildman–Crippen MR) is 79.1 cm³/mol. The number of fused-ring (bicyclic) bond motifs is 1. The van der Waals surface area contributed by atoms with Crippen LogP contribution in [0.2, 0.25) is 0 Å². The van der Waals surface area contributed by atoms with E-state index in [1.807, 2.05) is 24.4 Å². The molecule has 1 heterocycles. The van der Waals surface area contributed by atoms with Gasteiger partial charge in [0.25, 0.3) is 5.91 Å². The van der Waals surface area contributed by atoms with Gasteiger partial charge in [-0.25, -0.2) is 0 Å². The van der Waals surface area contributed by atoms with Gasteiger partial charge in [0.05, 0.1) is 5.92 Å². The molecule has 0 radical (unpaired) electrons. The average Bonchev–Trinajstić information content (AvgIpc) is 2.94. The Morgan fingerprint density at radius 2 is 2.00 bits per heavy atom. The van der Waals surface area contributed by atoms with Gasteiger partial charge in [-0.3, -0.25) is 9.59 Å². The number of carboxylic acid groups (broad SMARTS) is 1. The van der Waals surface area contributed by atoms with Crippen molar-refractivity contribution in [2.45, 2.75) is 31.7 Å². The summed E-state index contributed by atoms with van der Waals surface area (Å²) in [5, 5.41) is 13.1. The lowest BCUT2D eigenvalue weighted by atomic mass is 9.84. The maximum atomic E-state index is 12.3. The zero-order valence-electron chi connectivity index (χ0n) is 11.6. The molecule has 5 nitrogen and oxygen atoms in total. The maximum absolute atomic E-state index is 12.3. The summed E-state index contributed by atoms with van der Waals surface area (Å²) >= 11 is 0. The van der Waals surface area contributed by atoms with Gasteiger partial charge in [0.2, 0.25) is 0 Å². The van der Waals surface area contributed by atoms with E-state index < -0.39 is 11.9 Å². The molecule has 2 atom stereocenters. The second-order valence-electron chi connectivity index (χ2n) is 5.59. The van der Waals surface area contributed by atoms with Crippen molar-refractivity contribution in [3.8, 4) is 0 Å². The molecule has 0 saturated heterocycles. The fourth-order valence-electron chi connectivity index (χ4n) is 3.05. The van der Waals surface area contributed by atoms with E-state index in [-0.39, 0.29) is 11.9 Å².